The maximum atomic E-state index is 12.8. The van der Waals surface area contributed by atoms with Crippen molar-refractivity contribution in [3.8, 4) is 0 Å². The SMILES string of the molecule is CCOC(=O)Cn1c(=NC(=O)c2cc([N+](=O)[O-])ccc2Cl)sc2cc(C(=O)OC)ccc21. The highest BCUT2D eigenvalue weighted by Gasteiger charge is 2.18. The number of amides is 1. The number of nitrogens with zero attached hydrogens (tertiary/aromatic N) is 3. The Morgan fingerprint density at radius 1 is 1.22 bits per heavy atom. The van der Waals surface area contributed by atoms with Crippen LogP contribution in [0.4, 0.5) is 5.69 Å². The van der Waals surface area contributed by atoms with E-state index in [1.807, 2.05) is 0 Å². The van der Waals surface area contributed by atoms with Crippen molar-refractivity contribution in [2.45, 2.75) is 13.5 Å². The Labute approximate surface area is 189 Å². The smallest absolute Gasteiger partial charge is 0.337 e. The van der Waals surface area contributed by atoms with Gasteiger partial charge < -0.3 is 14.0 Å². The molecule has 0 N–H and O–H groups in total. The number of hydrogen-bond donors (Lipinski definition) is 0. The molecule has 1 amide bonds. The maximum absolute atomic E-state index is 12.8. The van der Waals surface area contributed by atoms with Crippen LogP contribution in [0.2, 0.25) is 5.02 Å². The maximum Gasteiger partial charge on any atom is 0.337 e. The molecular formula is C20H16ClN3O7S. The van der Waals surface area contributed by atoms with Crippen LogP contribution < -0.4 is 4.80 Å². The highest BCUT2D eigenvalue weighted by molar-refractivity contribution is 7.16. The van der Waals surface area contributed by atoms with Gasteiger partial charge in [-0.3, -0.25) is 19.7 Å². The van der Waals surface area contributed by atoms with Gasteiger partial charge in [-0.1, -0.05) is 22.9 Å². The Morgan fingerprint density at radius 3 is 2.62 bits per heavy atom. The normalized spacial score (nSPS) is 11.4. The summed E-state index contributed by atoms with van der Waals surface area (Å²) in [5, 5.41) is 11.0. The fourth-order valence-electron chi connectivity index (χ4n) is 2.83. The second kappa shape index (κ2) is 9.71. The van der Waals surface area contributed by atoms with E-state index in [-0.39, 0.29) is 39.8 Å². The van der Waals surface area contributed by atoms with Gasteiger partial charge in [0.15, 0.2) is 4.80 Å². The molecule has 3 aromatic rings. The van der Waals surface area contributed by atoms with E-state index in [1.54, 1.807) is 19.1 Å². The first-order valence-corrected chi connectivity index (χ1v) is 10.3. The lowest BCUT2D eigenvalue weighted by Crippen LogP contribution is -2.23. The lowest BCUT2D eigenvalue weighted by atomic mass is 10.2. The zero-order valence-electron chi connectivity index (χ0n) is 16.9. The molecule has 12 heteroatoms. The summed E-state index contributed by atoms with van der Waals surface area (Å²) in [5.74, 6) is -1.92. The summed E-state index contributed by atoms with van der Waals surface area (Å²) in [5.41, 5.74) is 0.346. The third kappa shape index (κ3) is 4.84. The number of hydrogen-bond acceptors (Lipinski definition) is 8. The summed E-state index contributed by atoms with van der Waals surface area (Å²) < 4.78 is 11.7. The predicted molar refractivity (Wildman–Crippen MR) is 116 cm³/mol. The van der Waals surface area contributed by atoms with E-state index < -0.39 is 22.8 Å². The Bertz CT molecular complexity index is 1310. The van der Waals surface area contributed by atoms with Gasteiger partial charge in [0.05, 0.1) is 45.0 Å². The molecule has 1 aromatic heterocycles. The second-order valence-electron chi connectivity index (χ2n) is 6.29. The number of nitro groups is 1. The quantitative estimate of drug-likeness (QED) is 0.302. The van der Waals surface area contributed by atoms with Crippen LogP contribution in [0.1, 0.15) is 27.6 Å². The molecule has 0 fully saturated rings. The fourth-order valence-corrected chi connectivity index (χ4v) is 4.10. The van der Waals surface area contributed by atoms with Crippen LogP contribution in [-0.4, -0.2) is 41.1 Å². The number of esters is 2. The minimum Gasteiger partial charge on any atom is -0.465 e. The number of ether oxygens (including phenoxy) is 2. The van der Waals surface area contributed by atoms with Gasteiger partial charge in [0.1, 0.15) is 6.54 Å². The monoisotopic (exact) mass is 477 g/mol. The molecule has 0 atom stereocenters. The van der Waals surface area contributed by atoms with Crippen LogP contribution in [0.5, 0.6) is 0 Å². The van der Waals surface area contributed by atoms with E-state index in [0.29, 0.717) is 10.2 Å². The number of rotatable bonds is 6. The number of non-ortho nitro benzene ring substituents is 1. The summed E-state index contributed by atoms with van der Waals surface area (Å²) in [4.78, 5) is 51.3. The van der Waals surface area contributed by atoms with Gasteiger partial charge in [-0.05, 0) is 31.2 Å². The van der Waals surface area contributed by atoms with Crippen LogP contribution in [0.15, 0.2) is 41.4 Å². The van der Waals surface area contributed by atoms with E-state index in [4.69, 9.17) is 21.1 Å². The molecule has 32 heavy (non-hydrogen) atoms. The standard InChI is InChI=1S/C20H16ClN3O7S/c1-3-31-17(25)10-23-15-7-4-11(19(27)30-2)8-16(15)32-20(23)22-18(26)13-9-12(24(28)29)5-6-14(13)21/h4-9H,3,10H2,1-2H3. The molecule has 0 spiro atoms. The molecular weight excluding hydrogens is 462 g/mol. The second-order valence-corrected chi connectivity index (χ2v) is 7.70. The molecule has 0 unspecified atom stereocenters. The van der Waals surface area contributed by atoms with Crippen LogP contribution in [0, 0.1) is 10.1 Å². The molecule has 2 aromatic carbocycles. The van der Waals surface area contributed by atoms with Crippen molar-refractivity contribution in [1.82, 2.24) is 4.57 Å². The van der Waals surface area contributed by atoms with Crippen LogP contribution in [0.3, 0.4) is 0 Å². The first-order valence-electron chi connectivity index (χ1n) is 9.15. The number of carbonyl (C=O) groups excluding carboxylic acids is 3. The van der Waals surface area contributed by atoms with E-state index in [2.05, 4.69) is 4.99 Å². The largest absolute Gasteiger partial charge is 0.465 e. The first kappa shape index (κ1) is 23.1. The highest BCUT2D eigenvalue weighted by atomic mass is 35.5. The van der Waals surface area contributed by atoms with Crippen LogP contribution in [0.25, 0.3) is 10.2 Å². The van der Waals surface area contributed by atoms with Crippen molar-refractivity contribution < 1.29 is 28.8 Å². The zero-order chi connectivity index (χ0) is 23.4. The van der Waals surface area contributed by atoms with Gasteiger partial charge >= 0.3 is 11.9 Å². The molecule has 10 nitrogen and oxygen atoms in total. The topological polar surface area (TPSA) is 130 Å². The minimum absolute atomic E-state index is 0.00428. The van der Waals surface area contributed by atoms with Crippen LogP contribution >= 0.6 is 22.9 Å². The Balaban J connectivity index is 2.16. The summed E-state index contributed by atoms with van der Waals surface area (Å²) >= 11 is 7.09. The number of thiazole rings is 1. The highest BCUT2D eigenvalue weighted by Crippen LogP contribution is 2.24. The lowest BCUT2D eigenvalue weighted by molar-refractivity contribution is -0.384. The molecule has 0 bridgehead atoms. The van der Waals surface area contributed by atoms with Crippen molar-refractivity contribution in [3.63, 3.8) is 0 Å². The van der Waals surface area contributed by atoms with Crippen molar-refractivity contribution >= 4 is 56.7 Å². The number of halogens is 1. The summed E-state index contributed by atoms with van der Waals surface area (Å²) in [6, 6.07) is 8.12. The Kier molecular flexibility index (Phi) is 7.01. The number of carbonyl (C=O) groups is 3. The first-order chi connectivity index (χ1) is 15.2. The van der Waals surface area contributed by atoms with Gasteiger partial charge in [-0.15, -0.1) is 0 Å². The van der Waals surface area contributed by atoms with E-state index in [1.165, 1.54) is 29.9 Å². The molecule has 1 heterocycles. The van der Waals surface area contributed by atoms with Crippen LogP contribution in [-0.2, 0) is 20.8 Å². The van der Waals surface area contributed by atoms with Crippen molar-refractivity contribution in [1.29, 1.82) is 0 Å². The van der Waals surface area contributed by atoms with Crippen molar-refractivity contribution in [2.24, 2.45) is 4.99 Å². The van der Waals surface area contributed by atoms with Gasteiger partial charge in [0, 0.05) is 12.1 Å². The van der Waals surface area contributed by atoms with Gasteiger partial charge in [-0.25, -0.2) is 4.79 Å². The van der Waals surface area contributed by atoms with Gasteiger partial charge in [-0.2, -0.15) is 4.99 Å². The van der Waals surface area contributed by atoms with Gasteiger partial charge in [0.2, 0.25) is 0 Å². The van der Waals surface area contributed by atoms with E-state index in [9.17, 15) is 24.5 Å². The number of aromatic nitrogens is 1. The van der Waals surface area contributed by atoms with Crippen molar-refractivity contribution in [2.75, 3.05) is 13.7 Å². The third-order valence-corrected chi connectivity index (χ3v) is 5.66. The number of benzene rings is 2. The van der Waals surface area contributed by atoms with Crippen molar-refractivity contribution in [3.05, 3.63) is 67.5 Å². The predicted octanol–water partition coefficient (Wildman–Crippen LogP) is 3.36. The molecule has 0 saturated carbocycles. The fraction of sp³-hybridized carbons (Fsp3) is 0.200. The lowest BCUT2D eigenvalue weighted by Gasteiger charge is -2.06. The number of nitro benzene ring substituents is 1. The number of methoxy groups -OCH3 is 1. The van der Waals surface area contributed by atoms with E-state index in [0.717, 1.165) is 17.4 Å². The Morgan fingerprint density at radius 2 is 1.97 bits per heavy atom. The Hall–Kier alpha value is -3.57. The summed E-state index contributed by atoms with van der Waals surface area (Å²) in [6.07, 6.45) is 0. The van der Waals surface area contributed by atoms with Gasteiger partial charge in [0.25, 0.3) is 11.6 Å². The molecule has 0 radical (unpaired) electrons. The number of fused-ring (bicyclic) bond motifs is 1. The molecule has 0 aliphatic carbocycles. The summed E-state index contributed by atoms with van der Waals surface area (Å²) in [6.45, 7) is 1.60. The van der Waals surface area contributed by atoms with E-state index >= 15 is 0 Å². The molecule has 0 aliphatic rings. The zero-order valence-corrected chi connectivity index (χ0v) is 18.4. The molecule has 0 saturated heterocycles. The molecule has 3 rings (SSSR count). The molecule has 166 valence electrons. The average molecular weight is 478 g/mol. The molecule has 0 aliphatic heterocycles. The third-order valence-electron chi connectivity index (χ3n) is 4.28. The summed E-state index contributed by atoms with van der Waals surface area (Å²) in [7, 11) is 1.25. The minimum atomic E-state index is -0.823. The average Bonchev–Trinajstić information content (AvgIpc) is 3.09.